The number of esters is 1. The average Bonchev–Trinajstić information content (AvgIpc) is 2.97. The highest BCUT2D eigenvalue weighted by molar-refractivity contribution is 6.04. The molecule has 0 aliphatic rings. The van der Waals surface area contributed by atoms with E-state index >= 15 is 0 Å². The van der Waals surface area contributed by atoms with E-state index in [0.29, 0.717) is 29.0 Å². The van der Waals surface area contributed by atoms with Crippen molar-refractivity contribution in [2.24, 2.45) is 5.92 Å². The lowest BCUT2D eigenvalue weighted by atomic mass is 10.00. The number of anilines is 1. The first-order valence-electron chi connectivity index (χ1n) is 8.48. The van der Waals surface area contributed by atoms with Gasteiger partial charge in [0.25, 0.3) is 0 Å². The van der Waals surface area contributed by atoms with Crippen molar-refractivity contribution in [3.05, 3.63) is 17.5 Å². The summed E-state index contributed by atoms with van der Waals surface area (Å²) in [5.41, 5.74) is 7.89. The summed E-state index contributed by atoms with van der Waals surface area (Å²) >= 11 is 0. The third kappa shape index (κ3) is 4.08. The van der Waals surface area contributed by atoms with Gasteiger partial charge in [0.1, 0.15) is 5.56 Å². The highest BCUT2D eigenvalue weighted by atomic mass is 16.5. The van der Waals surface area contributed by atoms with E-state index in [-0.39, 0.29) is 24.7 Å². The summed E-state index contributed by atoms with van der Waals surface area (Å²) < 4.78 is 6.78. The number of carbonyl (C=O) groups is 1. The van der Waals surface area contributed by atoms with Crippen LogP contribution < -0.4 is 5.73 Å². The molecular formula is C17H26N4O4. The number of nitrogen functional groups attached to an aromatic ring is 1. The molecule has 0 bridgehead atoms. The Morgan fingerprint density at radius 3 is 2.84 bits per heavy atom. The number of hydrogen-bond acceptors (Lipinski definition) is 7. The van der Waals surface area contributed by atoms with Gasteiger partial charge in [-0.15, -0.1) is 0 Å². The van der Waals surface area contributed by atoms with E-state index in [0.717, 1.165) is 12.8 Å². The van der Waals surface area contributed by atoms with Crippen molar-refractivity contribution in [3.8, 4) is 0 Å². The molecule has 2 aromatic heterocycles. The third-order valence-electron chi connectivity index (χ3n) is 4.36. The molecule has 0 saturated carbocycles. The predicted molar refractivity (Wildman–Crippen MR) is 94.1 cm³/mol. The van der Waals surface area contributed by atoms with Crippen LogP contribution in [-0.4, -0.2) is 50.3 Å². The number of carbonyl (C=O) groups excluding carboxylic acids is 1. The molecule has 0 aliphatic carbocycles. The van der Waals surface area contributed by atoms with E-state index in [4.69, 9.17) is 15.6 Å². The summed E-state index contributed by atoms with van der Waals surface area (Å²) in [5, 5.41) is 23.5. The van der Waals surface area contributed by atoms with Crippen LogP contribution in [0.4, 0.5) is 5.69 Å². The van der Waals surface area contributed by atoms with Crippen LogP contribution in [0.25, 0.3) is 11.0 Å². The molecule has 8 heteroatoms. The molecule has 138 valence electrons. The molecule has 2 aromatic rings. The van der Waals surface area contributed by atoms with Gasteiger partial charge in [0.05, 0.1) is 42.3 Å². The molecule has 2 unspecified atom stereocenters. The Kier molecular flexibility index (Phi) is 6.33. The lowest BCUT2D eigenvalue weighted by Gasteiger charge is -2.16. The van der Waals surface area contributed by atoms with Gasteiger partial charge >= 0.3 is 5.97 Å². The number of fused-ring (bicyclic) bond motifs is 1. The second-order valence-corrected chi connectivity index (χ2v) is 6.18. The number of rotatable bonds is 8. The fourth-order valence-electron chi connectivity index (χ4n) is 2.79. The van der Waals surface area contributed by atoms with Gasteiger partial charge in [-0.05, 0) is 32.6 Å². The van der Waals surface area contributed by atoms with Crippen LogP contribution in [0.1, 0.15) is 42.7 Å². The van der Waals surface area contributed by atoms with Crippen molar-refractivity contribution in [2.75, 3.05) is 18.9 Å². The third-order valence-corrected chi connectivity index (χ3v) is 4.36. The van der Waals surface area contributed by atoms with Crippen LogP contribution in [-0.2, 0) is 11.3 Å². The fourth-order valence-corrected chi connectivity index (χ4v) is 2.79. The summed E-state index contributed by atoms with van der Waals surface area (Å²) in [6.07, 6.45) is 2.41. The van der Waals surface area contributed by atoms with Crippen molar-refractivity contribution in [1.29, 1.82) is 0 Å². The number of nitrogens with two attached hydrogens (primary N) is 1. The van der Waals surface area contributed by atoms with Crippen LogP contribution >= 0.6 is 0 Å². The average molecular weight is 350 g/mol. The molecule has 2 heterocycles. The van der Waals surface area contributed by atoms with Gasteiger partial charge in [-0.25, -0.2) is 14.5 Å². The molecule has 0 amide bonds. The molecule has 0 spiro atoms. The van der Waals surface area contributed by atoms with E-state index in [1.54, 1.807) is 24.7 Å². The zero-order valence-electron chi connectivity index (χ0n) is 14.9. The summed E-state index contributed by atoms with van der Waals surface area (Å²) in [5.74, 6) is -0.478. The number of aliphatic hydroxyl groups excluding tert-OH is 2. The molecule has 0 radical (unpaired) electrons. The minimum Gasteiger partial charge on any atom is -0.462 e. The maximum atomic E-state index is 12.1. The largest absolute Gasteiger partial charge is 0.462 e. The van der Waals surface area contributed by atoms with Gasteiger partial charge < -0.3 is 20.7 Å². The molecular weight excluding hydrogens is 324 g/mol. The van der Waals surface area contributed by atoms with Crippen molar-refractivity contribution in [1.82, 2.24) is 14.8 Å². The molecule has 0 saturated heterocycles. The van der Waals surface area contributed by atoms with Gasteiger partial charge in [0.2, 0.25) is 0 Å². The van der Waals surface area contributed by atoms with Gasteiger partial charge in [-0.3, -0.25) is 0 Å². The Bertz CT molecular complexity index is 744. The second kappa shape index (κ2) is 8.26. The van der Waals surface area contributed by atoms with Crippen molar-refractivity contribution < 1.29 is 19.7 Å². The monoisotopic (exact) mass is 350 g/mol. The summed E-state index contributed by atoms with van der Waals surface area (Å²) in [6, 6.07) is 0. The number of pyridine rings is 1. The van der Waals surface area contributed by atoms with Crippen LogP contribution in [0.2, 0.25) is 0 Å². The number of aliphatic hydroxyl groups is 2. The van der Waals surface area contributed by atoms with Crippen LogP contribution in [0.15, 0.2) is 6.20 Å². The SMILES string of the molecule is CCOC(=O)c1c(C)nc2c(cnn2CCCC(C)C(O)CO)c1N. The predicted octanol–water partition coefficient (Wildman–Crippen LogP) is 1.27. The van der Waals surface area contributed by atoms with E-state index in [1.165, 1.54) is 0 Å². The Morgan fingerprint density at radius 2 is 2.20 bits per heavy atom. The van der Waals surface area contributed by atoms with Gasteiger partial charge in [0, 0.05) is 6.54 Å². The summed E-state index contributed by atoms with van der Waals surface area (Å²) in [7, 11) is 0. The Balaban J connectivity index is 2.20. The van der Waals surface area contributed by atoms with E-state index < -0.39 is 12.1 Å². The Hall–Kier alpha value is -2.19. The molecule has 0 fully saturated rings. The highest BCUT2D eigenvalue weighted by Crippen LogP contribution is 2.26. The van der Waals surface area contributed by atoms with Gasteiger partial charge in [-0.2, -0.15) is 5.10 Å². The lowest BCUT2D eigenvalue weighted by molar-refractivity contribution is 0.0492. The number of ether oxygens (including phenoxy) is 1. The summed E-state index contributed by atoms with van der Waals surface area (Å²) in [4.78, 5) is 16.5. The quantitative estimate of drug-likeness (QED) is 0.612. The molecule has 8 nitrogen and oxygen atoms in total. The van der Waals surface area contributed by atoms with Crippen molar-refractivity contribution in [3.63, 3.8) is 0 Å². The number of nitrogens with zero attached hydrogens (tertiary/aromatic N) is 3. The maximum absolute atomic E-state index is 12.1. The number of aromatic nitrogens is 3. The van der Waals surface area contributed by atoms with Crippen molar-refractivity contribution >= 4 is 22.7 Å². The topological polar surface area (TPSA) is 123 Å². The van der Waals surface area contributed by atoms with Gasteiger partial charge in [-0.1, -0.05) is 6.92 Å². The molecule has 4 N–H and O–H groups in total. The van der Waals surface area contributed by atoms with E-state index in [9.17, 15) is 9.90 Å². The fraction of sp³-hybridized carbons (Fsp3) is 0.588. The first-order chi connectivity index (χ1) is 11.9. The zero-order valence-corrected chi connectivity index (χ0v) is 14.9. The number of hydrogen-bond donors (Lipinski definition) is 3. The minimum atomic E-state index is -0.711. The van der Waals surface area contributed by atoms with Gasteiger partial charge in [0.15, 0.2) is 5.65 Å². The first-order valence-corrected chi connectivity index (χ1v) is 8.48. The summed E-state index contributed by atoms with van der Waals surface area (Å²) in [6.45, 7) is 6.00. The normalized spacial score (nSPS) is 13.8. The molecule has 0 aliphatic heterocycles. The van der Waals surface area contributed by atoms with E-state index in [2.05, 4.69) is 10.1 Å². The Morgan fingerprint density at radius 1 is 1.48 bits per heavy atom. The van der Waals surface area contributed by atoms with Crippen molar-refractivity contribution in [2.45, 2.75) is 46.3 Å². The standard InChI is InChI=1S/C17H26N4O4/c1-4-25-17(24)14-11(3)20-16-12(15(14)18)8-19-21(16)7-5-6-10(2)13(23)9-22/h8,10,13,22-23H,4-7,9H2,1-3H3,(H2,18,20). The molecule has 2 atom stereocenters. The lowest BCUT2D eigenvalue weighted by Crippen LogP contribution is -2.22. The zero-order chi connectivity index (χ0) is 18.6. The first kappa shape index (κ1) is 19.1. The van der Waals surface area contributed by atoms with Crippen LogP contribution in [0.3, 0.4) is 0 Å². The van der Waals surface area contributed by atoms with Crippen LogP contribution in [0.5, 0.6) is 0 Å². The molecule has 25 heavy (non-hydrogen) atoms. The molecule has 2 rings (SSSR count). The highest BCUT2D eigenvalue weighted by Gasteiger charge is 2.20. The van der Waals surface area contributed by atoms with E-state index in [1.807, 2.05) is 6.92 Å². The van der Waals surface area contributed by atoms with Crippen LogP contribution in [0, 0.1) is 12.8 Å². The maximum Gasteiger partial charge on any atom is 0.342 e. The Labute approximate surface area is 146 Å². The number of aryl methyl sites for hydroxylation is 2. The smallest absolute Gasteiger partial charge is 0.342 e. The minimum absolute atomic E-state index is 0.00186. The molecule has 0 aromatic carbocycles. The second-order valence-electron chi connectivity index (χ2n) is 6.18.